The second-order valence-electron chi connectivity index (χ2n) is 3.71. The molecule has 1 saturated carbocycles. The summed E-state index contributed by atoms with van der Waals surface area (Å²) in [5.74, 6) is -0.0272. The predicted octanol–water partition coefficient (Wildman–Crippen LogP) is 0.764. The Hall–Kier alpha value is -0.400. The van der Waals surface area contributed by atoms with Crippen LogP contribution >= 0.6 is 15.9 Å². The molecule has 1 aromatic rings. The zero-order valence-electron chi connectivity index (χ0n) is 8.27. The summed E-state index contributed by atoms with van der Waals surface area (Å²) in [7, 11) is -1.50. The van der Waals surface area contributed by atoms with Crippen molar-refractivity contribution >= 4 is 26.0 Å². The molecule has 5 nitrogen and oxygen atoms in total. The van der Waals surface area contributed by atoms with E-state index in [1.165, 1.54) is 0 Å². The first-order valence-corrected chi connectivity index (χ1v) is 7.09. The number of rotatable bonds is 4. The van der Waals surface area contributed by atoms with Crippen LogP contribution in [0.3, 0.4) is 0 Å². The van der Waals surface area contributed by atoms with Gasteiger partial charge in [-0.1, -0.05) is 0 Å². The number of sulfonamides is 1. The van der Waals surface area contributed by atoms with E-state index in [1.54, 1.807) is 17.9 Å². The van der Waals surface area contributed by atoms with E-state index in [2.05, 4.69) is 25.8 Å². The van der Waals surface area contributed by atoms with Gasteiger partial charge in [-0.25, -0.2) is 13.1 Å². The highest BCUT2D eigenvalue weighted by atomic mass is 79.9. The summed E-state index contributed by atoms with van der Waals surface area (Å²) in [5.41, 5.74) is 0.670. The van der Waals surface area contributed by atoms with Crippen molar-refractivity contribution in [1.29, 1.82) is 0 Å². The van der Waals surface area contributed by atoms with Crippen LogP contribution in [0.25, 0.3) is 0 Å². The van der Waals surface area contributed by atoms with Gasteiger partial charge in [0.05, 0.1) is 16.4 Å². The van der Waals surface area contributed by atoms with E-state index in [-0.39, 0.29) is 11.8 Å². The van der Waals surface area contributed by atoms with Gasteiger partial charge in [-0.05, 0) is 28.8 Å². The molecule has 1 N–H and O–H groups in total. The molecule has 0 unspecified atom stereocenters. The van der Waals surface area contributed by atoms with Crippen LogP contribution in [-0.4, -0.2) is 24.2 Å². The molecule has 0 aliphatic heterocycles. The van der Waals surface area contributed by atoms with Crippen LogP contribution < -0.4 is 4.72 Å². The van der Waals surface area contributed by atoms with Gasteiger partial charge in [-0.2, -0.15) is 5.10 Å². The minimum absolute atomic E-state index is 0.0272. The lowest BCUT2D eigenvalue weighted by Crippen LogP contribution is -2.27. The van der Waals surface area contributed by atoms with Gasteiger partial charge in [0.1, 0.15) is 5.75 Å². The maximum atomic E-state index is 11.7. The van der Waals surface area contributed by atoms with Crippen molar-refractivity contribution in [2.75, 3.05) is 0 Å². The summed E-state index contributed by atoms with van der Waals surface area (Å²) in [6.45, 7) is 0. The molecular weight excluding hydrogens is 282 g/mol. The summed E-state index contributed by atoms with van der Waals surface area (Å²) >= 11 is 3.28. The predicted molar refractivity (Wildman–Crippen MR) is 59.7 cm³/mol. The fourth-order valence-corrected chi connectivity index (χ4v) is 3.48. The molecule has 7 heteroatoms. The smallest absolute Gasteiger partial charge is 0.217 e. The second kappa shape index (κ2) is 3.88. The number of aryl methyl sites for hydroxylation is 1. The Morgan fingerprint density at radius 2 is 2.33 bits per heavy atom. The first-order valence-electron chi connectivity index (χ1n) is 4.64. The average molecular weight is 294 g/mol. The molecule has 0 atom stereocenters. The molecule has 0 radical (unpaired) electrons. The van der Waals surface area contributed by atoms with Crippen LogP contribution in [0.15, 0.2) is 10.7 Å². The van der Waals surface area contributed by atoms with Gasteiger partial charge in [0, 0.05) is 13.1 Å². The summed E-state index contributed by atoms with van der Waals surface area (Å²) in [6.07, 6.45) is 3.50. The highest BCUT2D eigenvalue weighted by Gasteiger charge is 2.28. The van der Waals surface area contributed by atoms with Crippen molar-refractivity contribution < 1.29 is 8.42 Å². The van der Waals surface area contributed by atoms with Crippen LogP contribution in [0.2, 0.25) is 0 Å². The Bertz CT molecular complexity index is 445. The van der Waals surface area contributed by atoms with E-state index in [1.807, 2.05) is 0 Å². The third-order valence-corrected chi connectivity index (χ3v) is 4.27. The third kappa shape index (κ3) is 2.79. The molecule has 0 amide bonds. The Balaban J connectivity index is 2.13. The van der Waals surface area contributed by atoms with Crippen molar-refractivity contribution in [2.24, 2.45) is 7.05 Å². The van der Waals surface area contributed by atoms with Crippen molar-refractivity contribution in [1.82, 2.24) is 14.5 Å². The topological polar surface area (TPSA) is 64.0 Å². The number of hydrogen-bond acceptors (Lipinski definition) is 3. The lowest BCUT2D eigenvalue weighted by atomic mass is 10.5. The Morgan fingerprint density at radius 3 is 2.80 bits per heavy atom. The molecule has 1 aromatic heterocycles. The molecule has 2 rings (SSSR count). The summed E-state index contributed by atoms with van der Waals surface area (Å²) in [6, 6.07) is 0.155. The molecular formula is C8H12BrN3O2S. The zero-order chi connectivity index (χ0) is 11.1. The van der Waals surface area contributed by atoms with Crippen molar-refractivity contribution in [3.05, 3.63) is 16.4 Å². The van der Waals surface area contributed by atoms with E-state index >= 15 is 0 Å². The minimum Gasteiger partial charge on any atom is -0.270 e. The highest BCUT2D eigenvalue weighted by Crippen LogP contribution is 2.22. The standard InChI is InChI=1S/C8H12BrN3O2S/c1-12-8(7(9)4-10-12)5-15(13,14)11-6-2-3-6/h4,6,11H,2-3,5H2,1H3. The van der Waals surface area contributed by atoms with Crippen molar-refractivity contribution in [2.45, 2.75) is 24.6 Å². The van der Waals surface area contributed by atoms with Crippen LogP contribution in [0.1, 0.15) is 18.5 Å². The van der Waals surface area contributed by atoms with E-state index in [0.29, 0.717) is 5.69 Å². The third-order valence-electron chi connectivity index (χ3n) is 2.26. The molecule has 84 valence electrons. The van der Waals surface area contributed by atoms with Crippen LogP contribution in [0, 0.1) is 0 Å². The van der Waals surface area contributed by atoms with Crippen LogP contribution in [0.5, 0.6) is 0 Å². The van der Waals surface area contributed by atoms with E-state index in [0.717, 1.165) is 17.3 Å². The number of halogens is 1. The number of aromatic nitrogens is 2. The molecule has 0 spiro atoms. The molecule has 0 saturated heterocycles. The molecule has 0 aromatic carbocycles. The minimum atomic E-state index is -3.23. The molecule has 1 fully saturated rings. The van der Waals surface area contributed by atoms with Gasteiger partial charge in [0.2, 0.25) is 10.0 Å². The monoisotopic (exact) mass is 293 g/mol. The summed E-state index contributed by atoms with van der Waals surface area (Å²) < 4.78 is 28.3. The molecule has 15 heavy (non-hydrogen) atoms. The lowest BCUT2D eigenvalue weighted by Gasteiger charge is -2.06. The van der Waals surface area contributed by atoms with E-state index < -0.39 is 10.0 Å². The van der Waals surface area contributed by atoms with Crippen LogP contribution in [-0.2, 0) is 22.8 Å². The van der Waals surface area contributed by atoms with E-state index in [9.17, 15) is 8.42 Å². The maximum Gasteiger partial charge on any atom is 0.217 e. The first-order chi connectivity index (χ1) is 6.98. The normalized spacial score (nSPS) is 16.9. The number of hydrogen-bond donors (Lipinski definition) is 1. The first kappa shape index (κ1) is 11.1. The van der Waals surface area contributed by atoms with Gasteiger partial charge >= 0.3 is 0 Å². The quantitative estimate of drug-likeness (QED) is 0.892. The second-order valence-corrected chi connectivity index (χ2v) is 6.32. The largest absolute Gasteiger partial charge is 0.270 e. The van der Waals surface area contributed by atoms with Crippen LogP contribution in [0.4, 0.5) is 0 Å². The maximum absolute atomic E-state index is 11.7. The summed E-state index contributed by atoms with van der Waals surface area (Å²) in [4.78, 5) is 0. The summed E-state index contributed by atoms with van der Waals surface area (Å²) in [5, 5.41) is 3.97. The zero-order valence-corrected chi connectivity index (χ0v) is 10.7. The number of nitrogens with one attached hydrogen (secondary N) is 1. The molecule has 0 bridgehead atoms. The molecule has 1 heterocycles. The fraction of sp³-hybridized carbons (Fsp3) is 0.625. The Labute approximate surface area is 97.0 Å². The number of nitrogens with zero attached hydrogens (tertiary/aromatic N) is 2. The van der Waals surface area contributed by atoms with Crippen molar-refractivity contribution in [3.63, 3.8) is 0 Å². The SMILES string of the molecule is Cn1ncc(Br)c1CS(=O)(=O)NC1CC1. The fourth-order valence-electron chi connectivity index (χ4n) is 1.28. The molecule has 1 aliphatic carbocycles. The lowest BCUT2D eigenvalue weighted by molar-refractivity contribution is 0.576. The molecule has 1 aliphatic rings. The van der Waals surface area contributed by atoms with Gasteiger partial charge in [0.15, 0.2) is 0 Å². The van der Waals surface area contributed by atoms with Gasteiger partial charge < -0.3 is 0 Å². The van der Waals surface area contributed by atoms with Crippen molar-refractivity contribution in [3.8, 4) is 0 Å². The van der Waals surface area contributed by atoms with Gasteiger partial charge in [0.25, 0.3) is 0 Å². The average Bonchev–Trinajstić information content (AvgIpc) is 2.87. The Kier molecular flexibility index (Phi) is 2.87. The highest BCUT2D eigenvalue weighted by molar-refractivity contribution is 9.10. The Morgan fingerprint density at radius 1 is 1.67 bits per heavy atom. The van der Waals surface area contributed by atoms with Gasteiger partial charge in [-0.15, -0.1) is 0 Å². The van der Waals surface area contributed by atoms with E-state index in [4.69, 9.17) is 0 Å². The van der Waals surface area contributed by atoms with Gasteiger partial charge in [-0.3, -0.25) is 4.68 Å².